The summed E-state index contributed by atoms with van der Waals surface area (Å²) in [5.74, 6) is -2.57. The average Bonchev–Trinajstić information content (AvgIpc) is 3.47. The molecule has 32 heavy (non-hydrogen) atoms. The number of benzene rings is 2. The fraction of sp³-hybridized carbons (Fsp3) is 0.318. The maximum Gasteiger partial charge on any atom is 0.269 e. The lowest BCUT2D eigenvalue weighted by Gasteiger charge is -2.36. The van der Waals surface area contributed by atoms with Gasteiger partial charge in [-0.2, -0.15) is 0 Å². The molecule has 4 heterocycles. The molecule has 4 aliphatic heterocycles. The van der Waals surface area contributed by atoms with Crippen molar-refractivity contribution < 1.29 is 19.3 Å². The largest absolute Gasteiger partial charge is 0.324 e. The van der Waals surface area contributed by atoms with Crippen molar-refractivity contribution in [1.29, 1.82) is 0 Å². The molecule has 3 saturated heterocycles. The molecule has 0 aliphatic carbocycles. The van der Waals surface area contributed by atoms with Crippen LogP contribution in [0.25, 0.3) is 0 Å². The molecule has 6 rings (SSSR count). The van der Waals surface area contributed by atoms with Crippen molar-refractivity contribution in [1.82, 2.24) is 4.90 Å². The molecule has 10 heteroatoms. The third-order valence-corrected chi connectivity index (χ3v) is 7.77. The third-order valence-electron chi connectivity index (χ3n) is 7.27. The Morgan fingerprint density at radius 2 is 1.84 bits per heavy atom. The van der Waals surface area contributed by atoms with Crippen LogP contribution in [0.2, 0.25) is 0 Å². The van der Waals surface area contributed by atoms with E-state index in [4.69, 9.17) is 0 Å². The Balaban J connectivity index is 1.51. The van der Waals surface area contributed by atoms with Gasteiger partial charge in [0, 0.05) is 33.9 Å². The van der Waals surface area contributed by atoms with Crippen LogP contribution in [0, 0.1) is 22.0 Å². The summed E-state index contributed by atoms with van der Waals surface area (Å²) in [7, 11) is 0. The van der Waals surface area contributed by atoms with Crippen molar-refractivity contribution in [2.24, 2.45) is 11.8 Å². The summed E-state index contributed by atoms with van der Waals surface area (Å²) in [6.07, 6.45) is 1.57. The second-order valence-electron chi connectivity index (χ2n) is 8.60. The first kappa shape index (κ1) is 19.6. The molecule has 9 nitrogen and oxygen atoms in total. The van der Waals surface area contributed by atoms with Gasteiger partial charge in [0.05, 0.1) is 22.4 Å². The molecule has 0 bridgehead atoms. The van der Waals surface area contributed by atoms with Crippen molar-refractivity contribution in [3.8, 4) is 0 Å². The number of amides is 3. The summed E-state index contributed by atoms with van der Waals surface area (Å²) < 4.78 is 0.787. The summed E-state index contributed by atoms with van der Waals surface area (Å²) in [6, 6.07) is 10.6. The molecular formula is C22H17BrN4O5. The van der Waals surface area contributed by atoms with Gasteiger partial charge in [-0.1, -0.05) is 15.9 Å². The number of non-ortho nitro benzene ring substituents is 1. The molecule has 0 saturated carbocycles. The van der Waals surface area contributed by atoms with E-state index in [1.807, 2.05) is 12.1 Å². The summed E-state index contributed by atoms with van der Waals surface area (Å²) in [4.78, 5) is 54.6. The van der Waals surface area contributed by atoms with Gasteiger partial charge in [0.1, 0.15) is 5.54 Å². The first-order chi connectivity index (χ1) is 15.4. The fourth-order valence-electron chi connectivity index (χ4n) is 6.15. The van der Waals surface area contributed by atoms with E-state index in [1.165, 1.54) is 24.3 Å². The van der Waals surface area contributed by atoms with Crippen LogP contribution in [0.4, 0.5) is 17.1 Å². The normalized spacial score (nSPS) is 30.6. The summed E-state index contributed by atoms with van der Waals surface area (Å²) in [6.45, 7) is 0.634. The molecule has 4 aliphatic rings. The molecule has 0 unspecified atom stereocenters. The Kier molecular flexibility index (Phi) is 3.95. The topological polar surface area (TPSA) is 113 Å². The molecule has 3 fully saturated rings. The number of imide groups is 1. The van der Waals surface area contributed by atoms with Crippen molar-refractivity contribution in [3.63, 3.8) is 0 Å². The highest BCUT2D eigenvalue weighted by Crippen LogP contribution is 2.60. The second-order valence-corrected chi connectivity index (χ2v) is 9.52. The van der Waals surface area contributed by atoms with E-state index in [1.54, 1.807) is 6.07 Å². The first-order valence-corrected chi connectivity index (χ1v) is 11.2. The maximum atomic E-state index is 13.8. The smallest absolute Gasteiger partial charge is 0.269 e. The summed E-state index contributed by atoms with van der Waals surface area (Å²) in [5.41, 5.74) is 0.280. The first-order valence-electron chi connectivity index (χ1n) is 10.4. The highest BCUT2D eigenvalue weighted by molar-refractivity contribution is 9.10. The number of anilines is 2. The number of nitro groups is 1. The van der Waals surface area contributed by atoms with Gasteiger partial charge < -0.3 is 5.32 Å². The number of hydrogen-bond acceptors (Lipinski definition) is 6. The van der Waals surface area contributed by atoms with Crippen LogP contribution < -0.4 is 10.2 Å². The average molecular weight is 497 g/mol. The van der Waals surface area contributed by atoms with Gasteiger partial charge in [0.15, 0.2) is 0 Å². The molecular weight excluding hydrogens is 480 g/mol. The van der Waals surface area contributed by atoms with Gasteiger partial charge in [-0.15, -0.1) is 0 Å². The van der Waals surface area contributed by atoms with Crippen LogP contribution in [0.5, 0.6) is 0 Å². The molecule has 0 aromatic heterocycles. The van der Waals surface area contributed by atoms with E-state index >= 15 is 0 Å². The monoisotopic (exact) mass is 496 g/mol. The molecule has 1 N–H and O–H groups in total. The van der Waals surface area contributed by atoms with Crippen LogP contribution in [0.1, 0.15) is 18.4 Å². The molecule has 1 spiro atoms. The maximum absolute atomic E-state index is 13.8. The lowest BCUT2D eigenvalue weighted by atomic mass is 9.75. The fourth-order valence-corrected chi connectivity index (χ4v) is 6.51. The SMILES string of the molecule is O=C1[C@@H]2[C@H]3CCCN3[C@@]3(C(=O)Nc4ccc(Br)cc43)[C@@H]2C(=O)N1c1ccc([N+](=O)[O-])cc1. The third kappa shape index (κ3) is 2.23. The zero-order valence-electron chi connectivity index (χ0n) is 16.7. The molecule has 4 atom stereocenters. The minimum absolute atomic E-state index is 0.125. The Morgan fingerprint density at radius 3 is 2.56 bits per heavy atom. The predicted molar refractivity (Wildman–Crippen MR) is 117 cm³/mol. The number of carbonyl (C=O) groups excluding carboxylic acids is 3. The lowest BCUT2D eigenvalue weighted by molar-refractivity contribution is -0.384. The Labute approximate surface area is 190 Å². The van der Waals surface area contributed by atoms with Crippen molar-refractivity contribution in [2.45, 2.75) is 24.4 Å². The predicted octanol–water partition coefficient (Wildman–Crippen LogP) is 2.79. The van der Waals surface area contributed by atoms with Crippen molar-refractivity contribution >= 4 is 50.7 Å². The number of halogens is 1. The number of carbonyl (C=O) groups is 3. The van der Waals surface area contributed by atoms with Crippen LogP contribution in [-0.4, -0.2) is 40.1 Å². The summed E-state index contributed by atoms with van der Waals surface area (Å²) in [5, 5.41) is 13.9. The minimum Gasteiger partial charge on any atom is -0.324 e. The van der Waals surface area contributed by atoms with Gasteiger partial charge in [0.2, 0.25) is 17.7 Å². The van der Waals surface area contributed by atoms with Crippen LogP contribution in [0.3, 0.4) is 0 Å². The second kappa shape index (κ2) is 6.46. The highest BCUT2D eigenvalue weighted by atomic mass is 79.9. The van der Waals surface area contributed by atoms with Gasteiger partial charge in [-0.05, 0) is 49.7 Å². The van der Waals surface area contributed by atoms with Gasteiger partial charge >= 0.3 is 0 Å². The quantitative estimate of drug-likeness (QED) is 0.388. The van der Waals surface area contributed by atoms with E-state index in [0.717, 1.165) is 22.2 Å². The number of nitro benzene ring substituents is 1. The van der Waals surface area contributed by atoms with E-state index in [0.29, 0.717) is 17.8 Å². The van der Waals surface area contributed by atoms with Crippen LogP contribution >= 0.6 is 15.9 Å². The number of rotatable bonds is 2. The van der Waals surface area contributed by atoms with Gasteiger partial charge in [-0.3, -0.25) is 29.4 Å². The van der Waals surface area contributed by atoms with E-state index in [2.05, 4.69) is 26.1 Å². The van der Waals surface area contributed by atoms with E-state index in [-0.39, 0.29) is 29.2 Å². The van der Waals surface area contributed by atoms with Crippen LogP contribution in [0.15, 0.2) is 46.9 Å². The number of nitrogens with zero attached hydrogens (tertiary/aromatic N) is 3. The molecule has 162 valence electrons. The number of nitrogens with one attached hydrogen (secondary N) is 1. The zero-order valence-corrected chi connectivity index (χ0v) is 18.2. The van der Waals surface area contributed by atoms with Crippen molar-refractivity contribution in [2.75, 3.05) is 16.8 Å². The molecule has 2 aromatic carbocycles. The standard InChI is InChI=1S/C22H17BrN4O5/c23-11-3-8-15-14(10-11)22(21(30)24-15)18-17(16-2-1-9-25(16)22)19(28)26(20(18)29)12-4-6-13(7-5-12)27(31)32/h3-8,10,16-18H,1-2,9H2,(H,24,30)/t16-,17-,18+,22-/m1/s1. The minimum atomic E-state index is -1.24. The summed E-state index contributed by atoms with van der Waals surface area (Å²) >= 11 is 3.48. The molecule has 2 aromatic rings. The Morgan fingerprint density at radius 1 is 1.09 bits per heavy atom. The number of fused-ring (bicyclic) bond motifs is 7. The lowest BCUT2D eigenvalue weighted by Crippen LogP contribution is -2.54. The van der Waals surface area contributed by atoms with Gasteiger partial charge in [0.25, 0.3) is 5.69 Å². The Bertz CT molecular complexity index is 1230. The van der Waals surface area contributed by atoms with Gasteiger partial charge in [-0.25, -0.2) is 4.90 Å². The zero-order chi connectivity index (χ0) is 22.4. The van der Waals surface area contributed by atoms with E-state index < -0.39 is 28.2 Å². The molecule has 0 radical (unpaired) electrons. The van der Waals surface area contributed by atoms with E-state index in [9.17, 15) is 24.5 Å². The van der Waals surface area contributed by atoms with Crippen molar-refractivity contribution in [3.05, 3.63) is 62.6 Å². The van der Waals surface area contributed by atoms with Crippen LogP contribution in [-0.2, 0) is 19.9 Å². The molecule has 3 amide bonds. The highest BCUT2D eigenvalue weighted by Gasteiger charge is 2.74. The Hall–Kier alpha value is -3.11. The number of hydrogen-bond donors (Lipinski definition) is 1.